The molecular weight excluding hydrogens is 238 g/mol. The van der Waals surface area contributed by atoms with Gasteiger partial charge in [-0.1, -0.05) is 48.5 Å². The molecule has 98 valence electrons. The Labute approximate surface area is 112 Å². The lowest BCUT2D eigenvalue weighted by atomic mass is 9.86. The fraction of sp³-hybridized carbons (Fsp3) is 0.188. The Kier molecular flexibility index (Phi) is 4.18. The van der Waals surface area contributed by atoms with E-state index in [0.717, 1.165) is 11.1 Å². The van der Waals surface area contributed by atoms with Crippen molar-refractivity contribution in [1.82, 2.24) is 0 Å². The van der Waals surface area contributed by atoms with Crippen LogP contribution >= 0.6 is 0 Å². The zero-order valence-electron chi connectivity index (χ0n) is 10.6. The molecule has 0 saturated carbocycles. The van der Waals surface area contributed by atoms with E-state index in [9.17, 15) is 4.79 Å². The Morgan fingerprint density at radius 1 is 1.05 bits per heavy atom. The quantitative estimate of drug-likeness (QED) is 0.806. The second kappa shape index (κ2) is 6.05. The first kappa shape index (κ1) is 13.1. The summed E-state index contributed by atoms with van der Waals surface area (Å²) in [6, 6.07) is 17.5. The van der Waals surface area contributed by atoms with Crippen molar-refractivity contribution in [2.24, 2.45) is 0 Å². The van der Waals surface area contributed by atoms with Gasteiger partial charge in [0, 0.05) is 18.0 Å². The molecule has 0 aliphatic heterocycles. The van der Waals surface area contributed by atoms with Crippen LogP contribution in [-0.4, -0.2) is 11.1 Å². The summed E-state index contributed by atoms with van der Waals surface area (Å²) in [5.74, 6) is -0.756. The van der Waals surface area contributed by atoms with E-state index >= 15 is 0 Å². The Morgan fingerprint density at radius 2 is 1.68 bits per heavy atom. The first-order valence-corrected chi connectivity index (χ1v) is 6.29. The summed E-state index contributed by atoms with van der Waals surface area (Å²) < 4.78 is 0. The average molecular weight is 255 g/mol. The van der Waals surface area contributed by atoms with Crippen LogP contribution in [0.25, 0.3) is 0 Å². The summed E-state index contributed by atoms with van der Waals surface area (Å²) in [6.07, 6.45) is 0.682. The summed E-state index contributed by atoms with van der Waals surface area (Å²) in [6.45, 7) is 0. The van der Waals surface area contributed by atoms with Gasteiger partial charge in [-0.25, -0.2) is 0 Å². The largest absolute Gasteiger partial charge is 0.481 e. The number of anilines is 1. The molecule has 3 nitrogen and oxygen atoms in total. The van der Waals surface area contributed by atoms with Crippen LogP contribution in [0.2, 0.25) is 0 Å². The molecule has 3 N–H and O–H groups in total. The van der Waals surface area contributed by atoms with Crippen LogP contribution in [0, 0.1) is 0 Å². The van der Waals surface area contributed by atoms with E-state index in [0.29, 0.717) is 12.1 Å². The van der Waals surface area contributed by atoms with Crippen molar-refractivity contribution < 1.29 is 9.90 Å². The van der Waals surface area contributed by atoms with Gasteiger partial charge < -0.3 is 10.8 Å². The standard InChI is InChI=1S/C16H17NO2/c17-15-9-5-4-8-14(15)13(10-11-16(18)19)12-6-2-1-3-7-12/h1-9,13H,10-11,17H2,(H,18,19)/t13-/m1/s1. The first-order valence-electron chi connectivity index (χ1n) is 6.29. The maximum atomic E-state index is 10.8. The monoisotopic (exact) mass is 255 g/mol. The molecule has 0 unspecified atom stereocenters. The fourth-order valence-corrected chi connectivity index (χ4v) is 2.28. The predicted molar refractivity (Wildman–Crippen MR) is 76.0 cm³/mol. The molecular formula is C16H17NO2. The van der Waals surface area contributed by atoms with Crippen molar-refractivity contribution in [3.05, 3.63) is 65.7 Å². The van der Waals surface area contributed by atoms with Crippen LogP contribution in [0.1, 0.15) is 29.9 Å². The third-order valence-electron chi connectivity index (χ3n) is 3.22. The number of carboxylic acids is 1. The van der Waals surface area contributed by atoms with Gasteiger partial charge in [-0.05, 0) is 23.6 Å². The maximum Gasteiger partial charge on any atom is 0.303 e. The van der Waals surface area contributed by atoms with Gasteiger partial charge in [0.25, 0.3) is 0 Å². The van der Waals surface area contributed by atoms with Crippen molar-refractivity contribution in [2.45, 2.75) is 18.8 Å². The van der Waals surface area contributed by atoms with Crippen LogP contribution < -0.4 is 5.73 Å². The zero-order chi connectivity index (χ0) is 13.7. The molecule has 1 atom stereocenters. The number of carboxylic acid groups (broad SMARTS) is 1. The molecule has 0 aromatic heterocycles. The molecule has 19 heavy (non-hydrogen) atoms. The van der Waals surface area contributed by atoms with Crippen molar-refractivity contribution in [1.29, 1.82) is 0 Å². The molecule has 2 aromatic rings. The Hall–Kier alpha value is -2.29. The summed E-state index contributed by atoms with van der Waals surface area (Å²) in [4.78, 5) is 10.8. The molecule has 0 spiro atoms. The Balaban J connectivity index is 2.35. The number of carbonyl (C=O) groups is 1. The lowest BCUT2D eigenvalue weighted by Gasteiger charge is -2.19. The fourth-order valence-electron chi connectivity index (χ4n) is 2.28. The second-order valence-corrected chi connectivity index (χ2v) is 4.52. The van der Waals surface area contributed by atoms with Gasteiger partial charge in [-0.15, -0.1) is 0 Å². The lowest BCUT2D eigenvalue weighted by Crippen LogP contribution is -2.07. The highest BCUT2D eigenvalue weighted by atomic mass is 16.4. The third-order valence-corrected chi connectivity index (χ3v) is 3.22. The molecule has 3 heteroatoms. The smallest absolute Gasteiger partial charge is 0.303 e. The Morgan fingerprint density at radius 3 is 2.32 bits per heavy atom. The Bertz CT molecular complexity index is 552. The number of hydrogen-bond acceptors (Lipinski definition) is 2. The predicted octanol–water partition coefficient (Wildman–Crippen LogP) is 3.27. The van der Waals surface area contributed by atoms with Crippen molar-refractivity contribution in [3.63, 3.8) is 0 Å². The highest BCUT2D eigenvalue weighted by Crippen LogP contribution is 2.32. The van der Waals surface area contributed by atoms with Crippen LogP contribution in [0.15, 0.2) is 54.6 Å². The molecule has 0 amide bonds. The molecule has 0 bridgehead atoms. The molecule has 0 aliphatic carbocycles. The summed E-state index contributed by atoms with van der Waals surface area (Å²) >= 11 is 0. The highest BCUT2D eigenvalue weighted by molar-refractivity contribution is 5.67. The lowest BCUT2D eigenvalue weighted by molar-refractivity contribution is -0.137. The van der Waals surface area contributed by atoms with Crippen LogP contribution in [-0.2, 0) is 4.79 Å². The van der Waals surface area contributed by atoms with E-state index in [-0.39, 0.29) is 12.3 Å². The summed E-state index contributed by atoms with van der Waals surface area (Å²) in [5.41, 5.74) is 8.82. The van der Waals surface area contributed by atoms with Crippen LogP contribution in [0.4, 0.5) is 5.69 Å². The zero-order valence-corrected chi connectivity index (χ0v) is 10.6. The number of para-hydroxylation sites is 1. The normalized spacial score (nSPS) is 12.0. The third kappa shape index (κ3) is 3.35. The van der Waals surface area contributed by atoms with Crippen molar-refractivity contribution >= 4 is 11.7 Å². The van der Waals surface area contributed by atoms with Gasteiger partial charge in [0.1, 0.15) is 0 Å². The minimum Gasteiger partial charge on any atom is -0.481 e. The molecule has 0 radical (unpaired) electrons. The van der Waals surface area contributed by atoms with E-state index in [1.54, 1.807) is 0 Å². The van der Waals surface area contributed by atoms with E-state index < -0.39 is 5.97 Å². The molecule has 0 aliphatic rings. The number of hydrogen-bond donors (Lipinski definition) is 2. The van der Waals surface area contributed by atoms with E-state index in [1.165, 1.54) is 0 Å². The van der Waals surface area contributed by atoms with Crippen LogP contribution in [0.5, 0.6) is 0 Å². The minimum atomic E-state index is -0.782. The second-order valence-electron chi connectivity index (χ2n) is 4.52. The van der Waals surface area contributed by atoms with Gasteiger partial charge >= 0.3 is 5.97 Å². The number of nitrogen functional groups attached to an aromatic ring is 1. The molecule has 0 heterocycles. The maximum absolute atomic E-state index is 10.8. The first-order chi connectivity index (χ1) is 9.18. The highest BCUT2D eigenvalue weighted by Gasteiger charge is 2.17. The summed E-state index contributed by atoms with van der Waals surface area (Å²) in [5, 5.41) is 8.89. The van der Waals surface area contributed by atoms with E-state index in [4.69, 9.17) is 10.8 Å². The van der Waals surface area contributed by atoms with Gasteiger partial charge in [-0.3, -0.25) is 4.79 Å². The topological polar surface area (TPSA) is 63.3 Å². The van der Waals surface area contributed by atoms with E-state index in [2.05, 4.69) is 0 Å². The number of rotatable bonds is 5. The molecule has 2 aromatic carbocycles. The number of nitrogens with two attached hydrogens (primary N) is 1. The van der Waals surface area contributed by atoms with Gasteiger partial charge in [0.15, 0.2) is 0 Å². The van der Waals surface area contributed by atoms with Gasteiger partial charge in [0.05, 0.1) is 0 Å². The van der Waals surface area contributed by atoms with Gasteiger partial charge in [0.2, 0.25) is 0 Å². The van der Waals surface area contributed by atoms with Crippen molar-refractivity contribution in [2.75, 3.05) is 5.73 Å². The molecule has 2 rings (SSSR count). The summed E-state index contributed by atoms with van der Waals surface area (Å²) in [7, 11) is 0. The SMILES string of the molecule is Nc1ccccc1[C@H](CCC(=O)O)c1ccccc1. The molecule has 0 saturated heterocycles. The number of aliphatic carboxylic acids is 1. The molecule has 0 fully saturated rings. The van der Waals surface area contributed by atoms with Crippen molar-refractivity contribution in [3.8, 4) is 0 Å². The van der Waals surface area contributed by atoms with E-state index in [1.807, 2.05) is 54.6 Å². The van der Waals surface area contributed by atoms with Gasteiger partial charge in [-0.2, -0.15) is 0 Å². The van der Waals surface area contributed by atoms with Crippen LogP contribution in [0.3, 0.4) is 0 Å². The number of benzene rings is 2. The average Bonchev–Trinajstić information content (AvgIpc) is 2.42. The minimum absolute atomic E-state index is 0.0264.